The summed E-state index contributed by atoms with van der Waals surface area (Å²) in [7, 11) is 1.91. The quantitative estimate of drug-likeness (QED) is 0.741. The predicted molar refractivity (Wildman–Crippen MR) is 117 cm³/mol. The minimum absolute atomic E-state index is 0.158. The Kier molecular flexibility index (Phi) is 4.80. The Hall–Kier alpha value is -0.970. The summed E-state index contributed by atoms with van der Waals surface area (Å²) < 4.78 is 6.02. The van der Waals surface area contributed by atoms with Gasteiger partial charge in [0.1, 0.15) is 0 Å². The molecule has 5 aliphatic carbocycles. The van der Waals surface area contributed by atoms with Crippen LogP contribution in [0.2, 0.25) is 0 Å². The van der Waals surface area contributed by atoms with Crippen LogP contribution in [-0.4, -0.2) is 30.3 Å². The second kappa shape index (κ2) is 7.07. The molecule has 2 unspecified atom stereocenters. The van der Waals surface area contributed by atoms with Gasteiger partial charge in [0, 0.05) is 24.6 Å². The Bertz CT molecular complexity index is 711. The Morgan fingerprint density at radius 1 is 1.04 bits per heavy atom. The second-order valence-electron chi connectivity index (χ2n) is 10.2. The number of nitrogens with one attached hydrogen (secondary N) is 1. The van der Waals surface area contributed by atoms with E-state index in [4.69, 9.17) is 22.7 Å². The van der Waals surface area contributed by atoms with Gasteiger partial charge < -0.3 is 15.8 Å². The van der Waals surface area contributed by atoms with Gasteiger partial charge in [-0.2, -0.15) is 0 Å². The van der Waals surface area contributed by atoms with Gasteiger partial charge in [0.25, 0.3) is 0 Å². The molecule has 0 aromatic heterocycles. The molecule has 5 fully saturated rings. The van der Waals surface area contributed by atoms with E-state index < -0.39 is 0 Å². The van der Waals surface area contributed by atoms with Crippen molar-refractivity contribution in [3.63, 3.8) is 0 Å². The molecule has 0 amide bonds. The number of hydrogen-bond donors (Lipinski definition) is 2. The smallest absolute Gasteiger partial charge is 0.0818 e. The first-order valence-electron chi connectivity index (χ1n) is 11.2. The first-order chi connectivity index (χ1) is 13.5. The third-order valence-electron chi connectivity index (χ3n) is 8.46. The molecule has 4 bridgehead atoms. The first-order valence-corrected chi connectivity index (χ1v) is 11.6. The number of thiocarbonyl (C=S) groups is 1. The molecule has 1 aromatic rings. The average Bonchev–Trinajstić information content (AvgIpc) is 2.70. The molecule has 5 saturated carbocycles. The molecule has 6 rings (SSSR count). The summed E-state index contributed by atoms with van der Waals surface area (Å²) in [5.41, 5.74) is 8.07. The lowest BCUT2D eigenvalue weighted by Gasteiger charge is -2.64. The third-order valence-corrected chi connectivity index (χ3v) is 9.02. The van der Waals surface area contributed by atoms with Gasteiger partial charge in [-0.15, -0.1) is 0 Å². The van der Waals surface area contributed by atoms with E-state index in [0.29, 0.717) is 30.0 Å². The van der Waals surface area contributed by atoms with Crippen LogP contribution in [0.25, 0.3) is 0 Å². The van der Waals surface area contributed by atoms with Crippen molar-refractivity contribution in [2.45, 2.75) is 81.4 Å². The lowest BCUT2D eigenvalue weighted by molar-refractivity contribution is -0.138. The number of methoxy groups -OCH3 is 1. The normalized spacial score (nSPS) is 44.4. The van der Waals surface area contributed by atoms with Crippen molar-refractivity contribution in [3.8, 4) is 0 Å². The maximum atomic E-state index is 6.15. The van der Waals surface area contributed by atoms with Gasteiger partial charge in [-0.25, -0.2) is 0 Å². The molecule has 1 aromatic carbocycles. The van der Waals surface area contributed by atoms with Gasteiger partial charge in [0.15, 0.2) is 0 Å². The minimum Gasteiger partial charge on any atom is -0.381 e. The summed E-state index contributed by atoms with van der Waals surface area (Å²) in [4.78, 5) is 1.15. The summed E-state index contributed by atoms with van der Waals surface area (Å²) in [6.45, 7) is 0. The van der Waals surface area contributed by atoms with Crippen molar-refractivity contribution in [1.29, 1.82) is 0 Å². The van der Waals surface area contributed by atoms with Crippen molar-refractivity contribution in [2.75, 3.05) is 7.11 Å². The molecular weight excluding hydrogens is 364 g/mol. The first kappa shape index (κ1) is 19.0. The molecule has 5 aliphatic rings. The lowest BCUT2D eigenvalue weighted by Crippen LogP contribution is -2.64. The van der Waals surface area contributed by atoms with Gasteiger partial charge in [-0.1, -0.05) is 42.5 Å². The molecule has 4 heteroatoms. The highest BCUT2D eigenvalue weighted by Gasteiger charge is 2.63. The largest absolute Gasteiger partial charge is 0.381 e. The number of benzene rings is 1. The van der Waals surface area contributed by atoms with E-state index in [1.807, 2.05) is 7.11 Å². The van der Waals surface area contributed by atoms with Crippen LogP contribution in [0, 0.1) is 17.3 Å². The number of rotatable bonds is 4. The Balaban J connectivity index is 1.42. The number of ether oxygens (including phenoxy) is 1. The second-order valence-corrected chi connectivity index (χ2v) is 10.6. The van der Waals surface area contributed by atoms with E-state index in [1.165, 1.54) is 37.7 Å². The summed E-state index contributed by atoms with van der Waals surface area (Å²) in [6, 6.07) is 12.1. The predicted octanol–water partition coefficient (Wildman–Crippen LogP) is 4.34. The van der Waals surface area contributed by atoms with Crippen LogP contribution in [0.15, 0.2) is 30.3 Å². The van der Waals surface area contributed by atoms with E-state index in [9.17, 15) is 0 Å². The average molecular weight is 399 g/mol. The molecule has 0 spiro atoms. The fraction of sp³-hybridized carbons (Fsp3) is 0.708. The maximum Gasteiger partial charge on any atom is 0.0818 e. The zero-order valence-electron chi connectivity index (χ0n) is 17.0. The van der Waals surface area contributed by atoms with Crippen LogP contribution >= 0.6 is 12.2 Å². The fourth-order valence-electron chi connectivity index (χ4n) is 7.49. The van der Waals surface area contributed by atoms with Gasteiger partial charge in [-0.05, 0) is 80.6 Å². The number of nitrogens with two attached hydrogens (primary N) is 1. The standard InChI is InChI=1S/C24H34N2OS/c1-27-21-16-11-23(18-5-3-2-4-6-18)12-17(21)14-24(13-16,15-23)22(28)26-20-9-7-19(25)8-10-20/h2-6,16-17,19-21H,7-15,25H2,1H3,(H,26,28). The molecule has 0 heterocycles. The van der Waals surface area contributed by atoms with E-state index in [-0.39, 0.29) is 10.8 Å². The summed E-state index contributed by atoms with van der Waals surface area (Å²) >= 11 is 6.15. The van der Waals surface area contributed by atoms with Crippen molar-refractivity contribution in [3.05, 3.63) is 35.9 Å². The summed E-state index contributed by atoms with van der Waals surface area (Å²) in [5, 5.41) is 3.83. The highest BCUT2D eigenvalue weighted by atomic mass is 32.1. The highest BCUT2D eigenvalue weighted by molar-refractivity contribution is 7.80. The van der Waals surface area contributed by atoms with Gasteiger partial charge in [0.05, 0.1) is 11.1 Å². The van der Waals surface area contributed by atoms with Crippen molar-refractivity contribution < 1.29 is 4.74 Å². The van der Waals surface area contributed by atoms with Crippen LogP contribution in [0.1, 0.15) is 63.4 Å². The van der Waals surface area contributed by atoms with Crippen molar-refractivity contribution in [2.24, 2.45) is 23.0 Å². The SMILES string of the molecule is COC1C2CC3(C(=S)NC4CCC(N)CC4)CC1CC(c1ccccc1)(C2)C3. The van der Waals surface area contributed by atoms with Crippen LogP contribution in [0.5, 0.6) is 0 Å². The maximum absolute atomic E-state index is 6.15. The van der Waals surface area contributed by atoms with E-state index >= 15 is 0 Å². The highest BCUT2D eigenvalue weighted by Crippen LogP contribution is 2.66. The molecule has 152 valence electrons. The van der Waals surface area contributed by atoms with Gasteiger partial charge >= 0.3 is 0 Å². The van der Waals surface area contributed by atoms with Crippen molar-refractivity contribution >= 4 is 17.2 Å². The summed E-state index contributed by atoms with van der Waals surface area (Å²) in [6.07, 6.45) is 11.1. The van der Waals surface area contributed by atoms with Crippen LogP contribution in [-0.2, 0) is 10.2 Å². The van der Waals surface area contributed by atoms with Crippen LogP contribution in [0.3, 0.4) is 0 Å². The van der Waals surface area contributed by atoms with E-state index in [2.05, 4.69) is 35.6 Å². The van der Waals surface area contributed by atoms with Gasteiger partial charge in [0.2, 0.25) is 0 Å². The number of hydrogen-bond acceptors (Lipinski definition) is 3. The fourth-order valence-corrected chi connectivity index (χ4v) is 7.89. The van der Waals surface area contributed by atoms with Crippen molar-refractivity contribution in [1.82, 2.24) is 5.32 Å². The van der Waals surface area contributed by atoms with Gasteiger partial charge in [-0.3, -0.25) is 0 Å². The zero-order valence-corrected chi connectivity index (χ0v) is 17.8. The third kappa shape index (κ3) is 3.03. The molecular formula is C24H34N2OS. The lowest BCUT2D eigenvalue weighted by atomic mass is 9.42. The zero-order chi connectivity index (χ0) is 19.4. The Morgan fingerprint density at radius 3 is 2.29 bits per heavy atom. The molecule has 2 atom stereocenters. The van der Waals surface area contributed by atoms with E-state index in [1.54, 1.807) is 0 Å². The topological polar surface area (TPSA) is 47.3 Å². The van der Waals surface area contributed by atoms with E-state index in [0.717, 1.165) is 30.7 Å². The molecule has 0 saturated heterocycles. The summed E-state index contributed by atoms with van der Waals surface area (Å²) in [5.74, 6) is 1.26. The van der Waals surface area contributed by atoms with Crippen LogP contribution in [0.4, 0.5) is 0 Å². The molecule has 28 heavy (non-hydrogen) atoms. The Morgan fingerprint density at radius 2 is 1.68 bits per heavy atom. The molecule has 0 radical (unpaired) electrons. The van der Waals surface area contributed by atoms with Crippen LogP contribution < -0.4 is 11.1 Å². The minimum atomic E-state index is 0.158. The molecule has 0 aliphatic heterocycles. The molecule has 3 N–H and O–H groups in total. The molecule has 3 nitrogen and oxygen atoms in total. The Labute approximate surface area is 174 Å². The monoisotopic (exact) mass is 398 g/mol.